The molecule has 82 valence electrons. The molecule has 3 nitrogen and oxygen atoms in total. The molecule has 0 spiro atoms. The molecule has 3 heteroatoms. The molecule has 0 amide bonds. The minimum Gasteiger partial charge on any atom is -0.489 e. The SMILES string of the molecule is CC1CN(CCN)Cc2ccccc2O1. The second kappa shape index (κ2) is 4.64. The summed E-state index contributed by atoms with van der Waals surface area (Å²) in [7, 11) is 0. The second-order valence-electron chi connectivity index (χ2n) is 4.06. The summed E-state index contributed by atoms with van der Waals surface area (Å²) < 4.78 is 5.85. The minimum atomic E-state index is 0.236. The highest BCUT2D eigenvalue weighted by Gasteiger charge is 2.18. The number of para-hydroxylation sites is 1. The van der Waals surface area contributed by atoms with Gasteiger partial charge in [0.25, 0.3) is 0 Å². The highest BCUT2D eigenvalue weighted by atomic mass is 16.5. The van der Waals surface area contributed by atoms with Crippen molar-refractivity contribution >= 4 is 0 Å². The van der Waals surface area contributed by atoms with E-state index in [-0.39, 0.29) is 6.10 Å². The molecule has 2 rings (SSSR count). The van der Waals surface area contributed by atoms with Gasteiger partial charge in [-0.2, -0.15) is 0 Å². The van der Waals surface area contributed by atoms with Gasteiger partial charge in [-0.3, -0.25) is 4.90 Å². The fourth-order valence-electron chi connectivity index (χ4n) is 2.03. The molecular weight excluding hydrogens is 188 g/mol. The van der Waals surface area contributed by atoms with Crippen LogP contribution in [0.5, 0.6) is 5.75 Å². The summed E-state index contributed by atoms with van der Waals surface area (Å²) in [6.45, 7) is 5.63. The molecule has 0 aliphatic carbocycles. The van der Waals surface area contributed by atoms with Crippen LogP contribution in [0.15, 0.2) is 24.3 Å². The molecule has 1 heterocycles. The van der Waals surface area contributed by atoms with Gasteiger partial charge in [0.15, 0.2) is 0 Å². The van der Waals surface area contributed by atoms with Gasteiger partial charge >= 0.3 is 0 Å². The fourth-order valence-corrected chi connectivity index (χ4v) is 2.03. The van der Waals surface area contributed by atoms with Crippen LogP contribution >= 0.6 is 0 Å². The molecule has 1 aromatic rings. The highest BCUT2D eigenvalue weighted by Crippen LogP contribution is 2.24. The lowest BCUT2D eigenvalue weighted by Gasteiger charge is -2.20. The van der Waals surface area contributed by atoms with E-state index in [0.29, 0.717) is 6.54 Å². The Balaban J connectivity index is 2.20. The molecule has 2 N–H and O–H groups in total. The third kappa shape index (κ3) is 2.49. The average molecular weight is 206 g/mol. The highest BCUT2D eigenvalue weighted by molar-refractivity contribution is 5.34. The zero-order valence-corrected chi connectivity index (χ0v) is 9.15. The largest absolute Gasteiger partial charge is 0.489 e. The first-order valence-electron chi connectivity index (χ1n) is 5.46. The maximum Gasteiger partial charge on any atom is 0.124 e. The molecule has 1 aliphatic heterocycles. The maximum absolute atomic E-state index is 5.85. The van der Waals surface area contributed by atoms with Crippen molar-refractivity contribution < 1.29 is 4.74 Å². The summed E-state index contributed by atoms with van der Waals surface area (Å²) in [5.41, 5.74) is 6.85. The molecule has 0 saturated carbocycles. The van der Waals surface area contributed by atoms with Crippen molar-refractivity contribution in [3.05, 3.63) is 29.8 Å². The van der Waals surface area contributed by atoms with Crippen molar-refractivity contribution in [2.45, 2.75) is 19.6 Å². The van der Waals surface area contributed by atoms with Crippen LogP contribution in [0, 0.1) is 0 Å². The van der Waals surface area contributed by atoms with Gasteiger partial charge in [-0.1, -0.05) is 18.2 Å². The Kier molecular flexibility index (Phi) is 3.23. The third-order valence-electron chi connectivity index (χ3n) is 2.66. The molecule has 0 radical (unpaired) electrons. The fraction of sp³-hybridized carbons (Fsp3) is 0.500. The lowest BCUT2D eigenvalue weighted by atomic mass is 10.2. The van der Waals surface area contributed by atoms with Crippen LogP contribution in [0.4, 0.5) is 0 Å². The molecule has 1 atom stereocenters. The lowest BCUT2D eigenvalue weighted by molar-refractivity contribution is 0.163. The Hall–Kier alpha value is -1.06. The van der Waals surface area contributed by atoms with Crippen molar-refractivity contribution in [3.63, 3.8) is 0 Å². The summed E-state index contributed by atoms with van der Waals surface area (Å²) >= 11 is 0. The van der Waals surface area contributed by atoms with E-state index in [1.165, 1.54) is 5.56 Å². The van der Waals surface area contributed by atoms with Crippen molar-refractivity contribution in [1.29, 1.82) is 0 Å². The summed E-state index contributed by atoms with van der Waals surface area (Å²) in [5.74, 6) is 1.02. The number of nitrogens with two attached hydrogens (primary N) is 1. The average Bonchev–Trinajstić information content (AvgIpc) is 2.35. The summed E-state index contributed by atoms with van der Waals surface area (Å²) in [5, 5.41) is 0. The van der Waals surface area contributed by atoms with Crippen LogP contribution in [0.3, 0.4) is 0 Å². The number of ether oxygens (including phenoxy) is 1. The number of hydrogen-bond donors (Lipinski definition) is 1. The molecular formula is C12H18N2O. The van der Waals surface area contributed by atoms with E-state index < -0.39 is 0 Å². The van der Waals surface area contributed by atoms with E-state index in [9.17, 15) is 0 Å². The van der Waals surface area contributed by atoms with Gasteiger partial charge in [0.05, 0.1) is 0 Å². The van der Waals surface area contributed by atoms with E-state index in [4.69, 9.17) is 10.5 Å². The van der Waals surface area contributed by atoms with Gasteiger partial charge < -0.3 is 10.5 Å². The standard InChI is InChI=1S/C12H18N2O/c1-10-8-14(7-6-13)9-11-4-2-3-5-12(11)15-10/h2-5,10H,6-9,13H2,1H3. The van der Waals surface area contributed by atoms with Crippen LogP contribution in [0.2, 0.25) is 0 Å². The number of rotatable bonds is 2. The van der Waals surface area contributed by atoms with Crippen molar-refractivity contribution in [2.75, 3.05) is 19.6 Å². The van der Waals surface area contributed by atoms with Crippen LogP contribution in [0.25, 0.3) is 0 Å². The third-order valence-corrected chi connectivity index (χ3v) is 2.66. The quantitative estimate of drug-likeness (QED) is 0.791. The number of nitrogens with zero attached hydrogens (tertiary/aromatic N) is 1. The van der Waals surface area contributed by atoms with E-state index in [1.54, 1.807) is 0 Å². The normalized spacial score (nSPS) is 21.6. The summed E-state index contributed by atoms with van der Waals surface area (Å²) in [6, 6.07) is 8.23. The lowest BCUT2D eigenvalue weighted by Crippen LogP contribution is -2.34. The molecule has 1 aromatic carbocycles. The van der Waals surface area contributed by atoms with Crippen molar-refractivity contribution in [3.8, 4) is 5.75 Å². The van der Waals surface area contributed by atoms with Gasteiger partial charge in [-0.05, 0) is 13.0 Å². The second-order valence-corrected chi connectivity index (χ2v) is 4.06. The Morgan fingerprint density at radius 2 is 2.27 bits per heavy atom. The zero-order chi connectivity index (χ0) is 10.7. The number of benzene rings is 1. The van der Waals surface area contributed by atoms with Gasteiger partial charge in [-0.15, -0.1) is 0 Å². The van der Waals surface area contributed by atoms with E-state index in [2.05, 4.69) is 24.0 Å². The minimum absolute atomic E-state index is 0.236. The molecule has 15 heavy (non-hydrogen) atoms. The molecule has 0 saturated heterocycles. The number of fused-ring (bicyclic) bond motifs is 1. The predicted octanol–water partition coefficient (Wildman–Crippen LogP) is 1.23. The Bertz CT molecular complexity index is 327. The summed E-state index contributed by atoms with van der Waals surface area (Å²) in [6.07, 6.45) is 0.236. The first-order chi connectivity index (χ1) is 7.29. The van der Waals surface area contributed by atoms with E-state index in [1.807, 2.05) is 12.1 Å². The smallest absolute Gasteiger partial charge is 0.124 e. The topological polar surface area (TPSA) is 38.5 Å². The van der Waals surface area contributed by atoms with E-state index in [0.717, 1.165) is 25.4 Å². The zero-order valence-electron chi connectivity index (χ0n) is 9.15. The van der Waals surface area contributed by atoms with Crippen LogP contribution in [0.1, 0.15) is 12.5 Å². The van der Waals surface area contributed by atoms with Crippen LogP contribution < -0.4 is 10.5 Å². The predicted molar refractivity (Wildman–Crippen MR) is 60.9 cm³/mol. The molecule has 1 aliphatic rings. The first-order valence-corrected chi connectivity index (χ1v) is 5.46. The Labute approximate surface area is 90.8 Å². The number of hydrogen-bond acceptors (Lipinski definition) is 3. The first kappa shape index (κ1) is 10.5. The molecule has 0 fully saturated rings. The molecule has 0 bridgehead atoms. The Morgan fingerprint density at radius 3 is 3.07 bits per heavy atom. The monoisotopic (exact) mass is 206 g/mol. The molecule has 1 unspecified atom stereocenters. The van der Waals surface area contributed by atoms with Gasteiger partial charge in [0.1, 0.15) is 11.9 Å². The van der Waals surface area contributed by atoms with Crippen molar-refractivity contribution in [2.24, 2.45) is 5.73 Å². The summed E-state index contributed by atoms with van der Waals surface area (Å²) in [4.78, 5) is 2.34. The van der Waals surface area contributed by atoms with Gasteiger partial charge in [0.2, 0.25) is 0 Å². The van der Waals surface area contributed by atoms with Crippen LogP contribution in [-0.4, -0.2) is 30.6 Å². The van der Waals surface area contributed by atoms with E-state index >= 15 is 0 Å². The van der Waals surface area contributed by atoms with Gasteiger partial charge in [-0.25, -0.2) is 0 Å². The van der Waals surface area contributed by atoms with Crippen LogP contribution in [-0.2, 0) is 6.54 Å². The Morgan fingerprint density at radius 1 is 1.47 bits per heavy atom. The molecule has 0 aromatic heterocycles. The van der Waals surface area contributed by atoms with Crippen molar-refractivity contribution in [1.82, 2.24) is 4.90 Å². The van der Waals surface area contributed by atoms with Gasteiger partial charge in [0, 0.05) is 31.7 Å². The maximum atomic E-state index is 5.85.